The molecule has 0 aliphatic carbocycles. The second-order valence-electron chi connectivity index (χ2n) is 5.36. The fourth-order valence-electron chi connectivity index (χ4n) is 2.29. The zero-order chi connectivity index (χ0) is 12.8. The molecule has 1 saturated heterocycles. The zero-order valence-corrected chi connectivity index (χ0v) is 11.4. The first kappa shape index (κ1) is 13.3. The summed E-state index contributed by atoms with van der Waals surface area (Å²) < 4.78 is 0. The Morgan fingerprint density at radius 2 is 2.22 bits per heavy atom. The summed E-state index contributed by atoms with van der Waals surface area (Å²) in [4.78, 5) is 0. The fourth-order valence-corrected chi connectivity index (χ4v) is 2.29. The molecule has 2 N–H and O–H groups in total. The van der Waals surface area contributed by atoms with E-state index >= 15 is 0 Å². The van der Waals surface area contributed by atoms with Gasteiger partial charge in [0.1, 0.15) is 5.82 Å². The van der Waals surface area contributed by atoms with Crippen molar-refractivity contribution >= 4 is 5.82 Å². The first-order valence-electron chi connectivity index (χ1n) is 7.06. The summed E-state index contributed by atoms with van der Waals surface area (Å²) in [6, 6.07) is 4.75. The first-order valence-corrected chi connectivity index (χ1v) is 7.06. The molecule has 1 atom stereocenters. The molecule has 0 saturated carbocycles. The molecule has 1 aliphatic heterocycles. The summed E-state index contributed by atoms with van der Waals surface area (Å²) in [5.74, 6) is 1.33. The van der Waals surface area contributed by atoms with Crippen LogP contribution in [0.15, 0.2) is 12.1 Å². The van der Waals surface area contributed by atoms with Gasteiger partial charge in [0, 0.05) is 12.6 Å². The maximum absolute atomic E-state index is 4.22. The molecule has 0 bridgehead atoms. The Labute approximate surface area is 110 Å². The average molecular weight is 248 g/mol. The Balaban J connectivity index is 1.72. The number of hydrogen-bond acceptors (Lipinski definition) is 4. The predicted octanol–water partition coefficient (Wildman–Crippen LogP) is 2.54. The molecule has 0 spiro atoms. The van der Waals surface area contributed by atoms with E-state index in [4.69, 9.17) is 0 Å². The largest absolute Gasteiger partial charge is 0.369 e. The van der Waals surface area contributed by atoms with Crippen molar-refractivity contribution in [1.82, 2.24) is 15.5 Å². The van der Waals surface area contributed by atoms with E-state index in [0.29, 0.717) is 12.0 Å². The molecular weight excluding hydrogens is 224 g/mol. The smallest absolute Gasteiger partial charge is 0.148 e. The molecule has 1 unspecified atom stereocenters. The third-order valence-electron chi connectivity index (χ3n) is 3.49. The third-order valence-corrected chi connectivity index (χ3v) is 3.49. The Morgan fingerprint density at radius 3 is 2.83 bits per heavy atom. The quantitative estimate of drug-likeness (QED) is 0.841. The van der Waals surface area contributed by atoms with Crippen LogP contribution in [0, 0.1) is 0 Å². The number of aromatic nitrogens is 2. The van der Waals surface area contributed by atoms with E-state index in [1.807, 2.05) is 6.07 Å². The van der Waals surface area contributed by atoms with Crippen LogP contribution < -0.4 is 10.6 Å². The van der Waals surface area contributed by atoms with E-state index in [0.717, 1.165) is 24.5 Å². The summed E-state index contributed by atoms with van der Waals surface area (Å²) in [6.45, 7) is 6.40. The van der Waals surface area contributed by atoms with Crippen LogP contribution in [0.5, 0.6) is 0 Å². The number of nitrogens with one attached hydrogen (secondary N) is 2. The van der Waals surface area contributed by atoms with E-state index in [1.54, 1.807) is 0 Å². The highest BCUT2D eigenvalue weighted by molar-refractivity contribution is 5.33. The molecule has 100 valence electrons. The van der Waals surface area contributed by atoms with E-state index in [1.165, 1.54) is 25.8 Å². The average Bonchev–Trinajstić information content (AvgIpc) is 2.40. The van der Waals surface area contributed by atoms with Gasteiger partial charge in [0.05, 0.1) is 5.69 Å². The molecule has 18 heavy (non-hydrogen) atoms. The van der Waals surface area contributed by atoms with E-state index in [-0.39, 0.29) is 0 Å². The number of anilines is 1. The van der Waals surface area contributed by atoms with Gasteiger partial charge in [0.15, 0.2) is 0 Å². The lowest BCUT2D eigenvalue weighted by atomic mass is 10.0. The standard InChI is InChI=1S/C14H24N4/c1-11(2)13-6-7-14(18-17-13)16-10-8-12-5-3-4-9-15-12/h6-7,11-12,15H,3-5,8-10H2,1-2H3,(H,16,18). The van der Waals surface area contributed by atoms with Crippen molar-refractivity contribution in [2.24, 2.45) is 0 Å². The summed E-state index contributed by atoms with van der Waals surface area (Å²) >= 11 is 0. The van der Waals surface area contributed by atoms with Crippen LogP contribution in [-0.4, -0.2) is 29.3 Å². The van der Waals surface area contributed by atoms with Crippen molar-refractivity contribution < 1.29 is 0 Å². The number of hydrogen-bond donors (Lipinski definition) is 2. The minimum atomic E-state index is 0.443. The van der Waals surface area contributed by atoms with E-state index in [2.05, 4.69) is 40.7 Å². The lowest BCUT2D eigenvalue weighted by Crippen LogP contribution is -2.35. The topological polar surface area (TPSA) is 49.8 Å². The SMILES string of the molecule is CC(C)c1ccc(NCCC2CCCCN2)nn1. The maximum atomic E-state index is 4.22. The van der Waals surface area contributed by atoms with Gasteiger partial charge in [-0.1, -0.05) is 20.3 Å². The van der Waals surface area contributed by atoms with Gasteiger partial charge in [0.2, 0.25) is 0 Å². The minimum absolute atomic E-state index is 0.443. The Kier molecular flexibility index (Phi) is 4.93. The number of rotatable bonds is 5. The van der Waals surface area contributed by atoms with Crippen molar-refractivity contribution in [2.45, 2.75) is 51.5 Å². The molecule has 4 heteroatoms. The Bertz CT molecular complexity index is 341. The van der Waals surface area contributed by atoms with Gasteiger partial charge in [-0.15, -0.1) is 5.10 Å². The highest BCUT2D eigenvalue weighted by atomic mass is 15.2. The molecule has 1 aromatic heterocycles. The van der Waals surface area contributed by atoms with Gasteiger partial charge in [-0.25, -0.2) is 0 Å². The second-order valence-corrected chi connectivity index (χ2v) is 5.36. The first-order chi connectivity index (χ1) is 8.75. The van der Waals surface area contributed by atoms with Crippen molar-refractivity contribution in [3.8, 4) is 0 Å². The van der Waals surface area contributed by atoms with Gasteiger partial charge in [-0.05, 0) is 43.9 Å². The highest BCUT2D eigenvalue weighted by Crippen LogP contribution is 2.13. The van der Waals surface area contributed by atoms with Gasteiger partial charge < -0.3 is 10.6 Å². The van der Waals surface area contributed by atoms with Crippen molar-refractivity contribution in [2.75, 3.05) is 18.4 Å². The normalized spacial score (nSPS) is 20.1. The molecule has 1 fully saturated rings. The maximum Gasteiger partial charge on any atom is 0.148 e. The molecule has 0 radical (unpaired) electrons. The number of nitrogens with zero attached hydrogens (tertiary/aromatic N) is 2. The lowest BCUT2D eigenvalue weighted by molar-refractivity contribution is 0.388. The van der Waals surface area contributed by atoms with E-state index in [9.17, 15) is 0 Å². The minimum Gasteiger partial charge on any atom is -0.369 e. The molecule has 4 nitrogen and oxygen atoms in total. The molecule has 1 aliphatic rings. The molecular formula is C14H24N4. The molecule has 2 rings (SSSR count). The Morgan fingerprint density at radius 1 is 1.33 bits per heavy atom. The second kappa shape index (κ2) is 6.69. The zero-order valence-electron chi connectivity index (χ0n) is 11.4. The highest BCUT2D eigenvalue weighted by Gasteiger charge is 2.11. The third kappa shape index (κ3) is 3.95. The summed E-state index contributed by atoms with van der Waals surface area (Å²) in [5.41, 5.74) is 1.05. The van der Waals surface area contributed by atoms with E-state index < -0.39 is 0 Å². The van der Waals surface area contributed by atoms with Gasteiger partial charge in [0.25, 0.3) is 0 Å². The van der Waals surface area contributed by atoms with Crippen molar-refractivity contribution in [1.29, 1.82) is 0 Å². The monoisotopic (exact) mass is 248 g/mol. The lowest BCUT2D eigenvalue weighted by Gasteiger charge is -2.23. The van der Waals surface area contributed by atoms with Crippen molar-refractivity contribution in [3.05, 3.63) is 17.8 Å². The molecule has 0 aromatic carbocycles. The predicted molar refractivity (Wildman–Crippen MR) is 74.9 cm³/mol. The Hall–Kier alpha value is -1.16. The molecule has 0 amide bonds. The number of piperidine rings is 1. The van der Waals surface area contributed by atoms with Crippen LogP contribution in [0.3, 0.4) is 0 Å². The summed E-state index contributed by atoms with van der Waals surface area (Å²) in [7, 11) is 0. The van der Waals surface area contributed by atoms with Gasteiger partial charge in [-0.3, -0.25) is 0 Å². The van der Waals surface area contributed by atoms with Crippen molar-refractivity contribution in [3.63, 3.8) is 0 Å². The molecule has 2 heterocycles. The summed E-state index contributed by atoms with van der Waals surface area (Å²) in [5, 5.41) is 15.3. The van der Waals surface area contributed by atoms with Gasteiger partial charge >= 0.3 is 0 Å². The van der Waals surface area contributed by atoms with Crippen LogP contribution in [0.2, 0.25) is 0 Å². The van der Waals surface area contributed by atoms with Crippen LogP contribution in [-0.2, 0) is 0 Å². The summed E-state index contributed by atoms with van der Waals surface area (Å²) in [6.07, 6.45) is 5.15. The fraction of sp³-hybridized carbons (Fsp3) is 0.714. The molecule has 1 aromatic rings. The van der Waals surface area contributed by atoms with Crippen LogP contribution in [0.1, 0.15) is 51.1 Å². The van der Waals surface area contributed by atoms with Crippen LogP contribution in [0.25, 0.3) is 0 Å². The van der Waals surface area contributed by atoms with Crippen LogP contribution >= 0.6 is 0 Å². The van der Waals surface area contributed by atoms with Gasteiger partial charge in [-0.2, -0.15) is 5.10 Å². The van der Waals surface area contributed by atoms with Crippen LogP contribution in [0.4, 0.5) is 5.82 Å².